The molecule has 0 saturated heterocycles. The van der Waals surface area contributed by atoms with Gasteiger partial charge in [0, 0.05) is 24.2 Å². The minimum atomic E-state index is -0.956. The lowest BCUT2D eigenvalue weighted by Crippen LogP contribution is -2.45. The average Bonchev–Trinajstić information content (AvgIpc) is 2.96. The van der Waals surface area contributed by atoms with E-state index < -0.39 is 35.9 Å². The van der Waals surface area contributed by atoms with Crippen molar-refractivity contribution in [2.24, 2.45) is 11.7 Å². The third-order valence-electron chi connectivity index (χ3n) is 7.02. The SMILES string of the molecule is COC(=O)C1CCC(N(C)C(=O)c2cc(-c3ccc(C(=N)N)cc3)nn(CC(=O)NC(C)C(=O)OC)c2=O)CC1. The fourth-order valence-corrected chi connectivity index (χ4v) is 4.64. The Kier molecular flexibility index (Phi) is 9.75. The topological polar surface area (TPSA) is 187 Å². The molecule has 214 valence electrons. The third-order valence-corrected chi connectivity index (χ3v) is 7.02. The summed E-state index contributed by atoms with van der Waals surface area (Å²) in [5.74, 6) is -2.51. The highest BCUT2D eigenvalue weighted by molar-refractivity contribution is 5.96. The highest BCUT2D eigenvalue weighted by atomic mass is 16.5. The van der Waals surface area contributed by atoms with Gasteiger partial charge in [-0.3, -0.25) is 24.6 Å². The number of nitrogens with zero attached hydrogens (tertiary/aromatic N) is 3. The Hall–Kier alpha value is -4.55. The normalized spacial score (nSPS) is 17.3. The molecule has 13 nitrogen and oxygen atoms in total. The number of rotatable bonds is 9. The number of ether oxygens (including phenoxy) is 2. The van der Waals surface area contributed by atoms with Crippen LogP contribution in [-0.2, 0) is 30.4 Å². The molecule has 1 saturated carbocycles. The van der Waals surface area contributed by atoms with Gasteiger partial charge in [-0.2, -0.15) is 5.10 Å². The van der Waals surface area contributed by atoms with Gasteiger partial charge >= 0.3 is 11.9 Å². The molecule has 1 atom stereocenters. The number of amides is 2. The maximum atomic E-state index is 13.6. The van der Waals surface area contributed by atoms with E-state index in [0.717, 1.165) is 4.68 Å². The number of nitrogen functional groups attached to an aromatic ring is 1. The number of hydrogen-bond donors (Lipinski definition) is 3. The fraction of sp³-hybridized carbons (Fsp3) is 0.444. The minimum absolute atomic E-state index is 0.125. The number of nitrogens with two attached hydrogens (primary N) is 1. The van der Waals surface area contributed by atoms with E-state index in [9.17, 15) is 24.0 Å². The molecule has 4 N–H and O–H groups in total. The van der Waals surface area contributed by atoms with E-state index in [1.165, 1.54) is 32.1 Å². The lowest BCUT2D eigenvalue weighted by Gasteiger charge is -2.33. The number of nitrogens with one attached hydrogen (secondary N) is 2. The van der Waals surface area contributed by atoms with Gasteiger partial charge in [0.05, 0.1) is 25.8 Å². The van der Waals surface area contributed by atoms with E-state index in [2.05, 4.69) is 15.2 Å². The van der Waals surface area contributed by atoms with Gasteiger partial charge in [-0.05, 0) is 38.7 Å². The van der Waals surface area contributed by atoms with E-state index in [1.807, 2.05) is 0 Å². The second-order valence-corrected chi connectivity index (χ2v) is 9.65. The first kappa shape index (κ1) is 30.0. The third kappa shape index (κ3) is 6.90. The predicted molar refractivity (Wildman–Crippen MR) is 144 cm³/mol. The molecule has 1 fully saturated rings. The summed E-state index contributed by atoms with van der Waals surface area (Å²) < 4.78 is 10.3. The van der Waals surface area contributed by atoms with E-state index in [1.54, 1.807) is 31.3 Å². The summed E-state index contributed by atoms with van der Waals surface area (Å²) in [6.45, 7) is 0.888. The van der Waals surface area contributed by atoms with Gasteiger partial charge in [0.2, 0.25) is 5.91 Å². The molecule has 1 heterocycles. The molecule has 1 aromatic carbocycles. The summed E-state index contributed by atoms with van der Waals surface area (Å²) in [6, 6.07) is 6.70. The molecule has 13 heteroatoms. The molecule has 0 spiro atoms. The average molecular weight is 555 g/mol. The Bertz CT molecular complexity index is 1350. The van der Waals surface area contributed by atoms with Gasteiger partial charge in [0.15, 0.2) is 0 Å². The van der Waals surface area contributed by atoms with E-state index in [0.29, 0.717) is 36.8 Å². The summed E-state index contributed by atoms with van der Waals surface area (Å²) in [7, 11) is 4.14. The van der Waals surface area contributed by atoms with Crippen LogP contribution in [0.2, 0.25) is 0 Å². The first-order valence-corrected chi connectivity index (χ1v) is 12.8. The summed E-state index contributed by atoms with van der Waals surface area (Å²) in [4.78, 5) is 64.7. The number of hydrogen-bond acceptors (Lipinski definition) is 9. The van der Waals surface area contributed by atoms with Crippen LogP contribution in [0.1, 0.15) is 48.5 Å². The summed E-state index contributed by atoms with van der Waals surface area (Å²) in [5, 5.41) is 14.3. The minimum Gasteiger partial charge on any atom is -0.469 e. The molecule has 1 aliphatic carbocycles. The lowest BCUT2D eigenvalue weighted by atomic mass is 9.85. The first-order chi connectivity index (χ1) is 19.0. The van der Waals surface area contributed by atoms with Gasteiger partial charge in [-0.25, -0.2) is 9.48 Å². The summed E-state index contributed by atoms with van der Waals surface area (Å²) >= 11 is 0. The van der Waals surface area contributed by atoms with Crippen molar-refractivity contribution in [2.75, 3.05) is 21.3 Å². The van der Waals surface area contributed by atoms with Crippen molar-refractivity contribution < 1.29 is 28.7 Å². The lowest BCUT2D eigenvalue weighted by molar-refractivity contribution is -0.146. The Labute approximate surface area is 231 Å². The van der Waals surface area contributed by atoms with Crippen LogP contribution >= 0.6 is 0 Å². The van der Waals surface area contributed by atoms with Crippen LogP contribution in [0.25, 0.3) is 11.3 Å². The summed E-state index contributed by atoms with van der Waals surface area (Å²) in [5.41, 5.74) is 5.83. The van der Waals surface area contributed by atoms with Crippen molar-refractivity contribution >= 4 is 29.6 Å². The second kappa shape index (κ2) is 13.0. The zero-order valence-electron chi connectivity index (χ0n) is 22.9. The predicted octanol–water partition coefficient (Wildman–Crippen LogP) is 0.676. The molecular weight excluding hydrogens is 520 g/mol. The van der Waals surface area contributed by atoms with Crippen molar-refractivity contribution in [1.29, 1.82) is 5.41 Å². The van der Waals surface area contributed by atoms with Crippen molar-refractivity contribution in [3.05, 3.63) is 51.8 Å². The van der Waals surface area contributed by atoms with Gasteiger partial charge in [-0.1, -0.05) is 24.3 Å². The molecule has 0 bridgehead atoms. The second-order valence-electron chi connectivity index (χ2n) is 9.65. The number of carbonyl (C=O) groups excluding carboxylic acids is 4. The zero-order chi connectivity index (χ0) is 29.6. The first-order valence-electron chi connectivity index (χ1n) is 12.8. The van der Waals surface area contributed by atoms with Crippen LogP contribution in [0.5, 0.6) is 0 Å². The van der Waals surface area contributed by atoms with Crippen LogP contribution < -0.4 is 16.6 Å². The zero-order valence-corrected chi connectivity index (χ0v) is 22.9. The van der Waals surface area contributed by atoms with E-state index >= 15 is 0 Å². The van der Waals surface area contributed by atoms with E-state index in [-0.39, 0.29) is 35.0 Å². The Balaban J connectivity index is 1.94. The van der Waals surface area contributed by atoms with Gasteiger partial charge in [0.1, 0.15) is 24.0 Å². The number of benzene rings is 1. The number of esters is 2. The van der Waals surface area contributed by atoms with Crippen molar-refractivity contribution in [3.63, 3.8) is 0 Å². The highest BCUT2D eigenvalue weighted by Gasteiger charge is 2.32. The number of amidine groups is 1. The Morgan fingerprint density at radius 3 is 2.30 bits per heavy atom. The molecule has 1 unspecified atom stereocenters. The van der Waals surface area contributed by atoms with Gasteiger partial charge in [-0.15, -0.1) is 0 Å². The Morgan fingerprint density at radius 1 is 1.12 bits per heavy atom. The van der Waals surface area contributed by atoms with Crippen molar-refractivity contribution in [3.8, 4) is 11.3 Å². The van der Waals surface area contributed by atoms with Gasteiger partial charge < -0.3 is 25.4 Å². The quantitative estimate of drug-likeness (QED) is 0.227. The maximum absolute atomic E-state index is 13.6. The molecule has 40 heavy (non-hydrogen) atoms. The number of methoxy groups -OCH3 is 2. The molecule has 0 aliphatic heterocycles. The highest BCUT2D eigenvalue weighted by Crippen LogP contribution is 2.28. The number of aromatic nitrogens is 2. The van der Waals surface area contributed by atoms with Gasteiger partial charge in [0.25, 0.3) is 11.5 Å². The molecule has 1 aliphatic rings. The van der Waals surface area contributed by atoms with Crippen LogP contribution in [0.3, 0.4) is 0 Å². The van der Waals surface area contributed by atoms with Crippen LogP contribution in [0, 0.1) is 11.3 Å². The molecular formula is C27H34N6O7. The molecule has 3 rings (SSSR count). The molecule has 1 aromatic heterocycles. The maximum Gasteiger partial charge on any atom is 0.328 e. The van der Waals surface area contributed by atoms with Crippen molar-refractivity contribution in [1.82, 2.24) is 20.0 Å². The summed E-state index contributed by atoms with van der Waals surface area (Å²) in [6.07, 6.45) is 2.24. The fourth-order valence-electron chi connectivity index (χ4n) is 4.64. The standard InChI is InChI=1S/C27H34N6O7/c1-15(26(37)39-3)30-22(34)14-33-25(36)20(13-21(31-33)16-5-7-17(8-6-16)23(28)29)24(35)32(2)19-11-9-18(10-12-19)27(38)40-4/h5-8,13,15,18-19H,9-12,14H2,1-4H3,(H3,28,29)(H,30,34). The number of carbonyl (C=O) groups is 4. The smallest absolute Gasteiger partial charge is 0.328 e. The van der Waals surface area contributed by atoms with Crippen LogP contribution in [0.4, 0.5) is 0 Å². The van der Waals surface area contributed by atoms with Crippen molar-refractivity contribution in [2.45, 2.75) is 51.2 Å². The Morgan fingerprint density at radius 2 is 1.75 bits per heavy atom. The van der Waals surface area contributed by atoms with Crippen LogP contribution in [-0.4, -0.2) is 77.6 Å². The van der Waals surface area contributed by atoms with E-state index in [4.69, 9.17) is 15.9 Å². The molecule has 2 amide bonds. The van der Waals surface area contributed by atoms with Crippen LogP contribution in [0.15, 0.2) is 35.1 Å². The molecule has 2 aromatic rings. The molecule has 0 radical (unpaired) electrons. The monoisotopic (exact) mass is 554 g/mol. The largest absolute Gasteiger partial charge is 0.469 e.